The number of hydrogen-bond acceptors (Lipinski definition) is 3. The van der Waals surface area contributed by atoms with E-state index < -0.39 is 0 Å². The van der Waals surface area contributed by atoms with Crippen LogP contribution in [0.5, 0.6) is 0 Å². The normalized spacial score (nSPS) is 36.7. The van der Waals surface area contributed by atoms with Gasteiger partial charge in [-0.15, -0.1) is 0 Å². The van der Waals surface area contributed by atoms with Gasteiger partial charge in [0.1, 0.15) is 5.78 Å². The number of aliphatic hydroxyl groups excluding tert-OH is 2. The van der Waals surface area contributed by atoms with Crippen LogP contribution in [-0.2, 0) is 4.79 Å². The van der Waals surface area contributed by atoms with Gasteiger partial charge in [-0.05, 0) is 75.5 Å². The van der Waals surface area contributed by atoms with Crippen LogP contribution in [0, 0.1) is 23.7 Å². The van der Waals surface area contributed by atoms with Crippen molar-refractivity contribution in [1.29, 1.82) is 0 Å². The number of rotatable bonds is 0. The van der Waals surface area contributed by atoms with Gasteiger partial charge in [0.15, 0.2) is 0 Å². The molecular formula is C21H35BNaO3. The van der Waals surface area contributed by atoms with Crippen molar-refractivity contribution < 1.29 is 46.0 Å². The Balaban J connectivity index is 0. The van der Waals surface area contributed by atoms with Crippen molar-refractivity contribution in [1.82, 2.24) is 0 Å². The third kappa shape index (κ3) is 7.28. The summed E-state index contributed by atoms with van der Waals surface area (Å²) in [6.07, 6.45) is 20.6. The van der Waals surface area contributed by atoms with E-state index in [2.05, 4.69) is 24.3 Å². The maximum atomic E-state index is 11.1. The van der Waals surface area contributed by atoms with Gasteiger partial charge in [0.25, 0.3) is 0 Å². The van der Waals surface area contributed by atoms with E-state index in [9.17, 15) is 9.90 Å². The quantitative estimate of drug-likeness (QED) is 0.490. The van der Waals surface area contributed by atoms with Gasteiger partial charge in [-0.25, -0.2) is 0 Å². The van der Waals surface area contributed by atoms with Crippen LogP contribution in [0.1, 0.15) is 65.6 Å². The molecule has 5 atom stereocenters. The first kappa shape index (κ1) is 26.1. The van der Waals surface area contributed by atoms with Crippen molar-refractivity contribution in [2.24, 2.45) is 23.7 Å². The van der Waals surface area contributed by atoms with Crippen LogP contribution >= 0.6 is 0 Å². The summed E-state index contributed by atoms with van der Waals surface area (Å²) in [5.74, 6) is 3.19. The molecule has 0 aromatic carbocycles. The molecule has 4 aliphatic carbocycles. The van der Waals surface area contributed by atoms with Crippen LogP contribution in [0.15, 0.2) is 24.3 Å². The number of fused-ring (bicyclic) bond motifs is 2. The number of hydrogen-bond donors (Lipinski definition) is 2. The SMILES string of the molecule is CO.O=C1CC2CC/C=C\CCC12.OC1CC2CC/C=C\CCC12.[B].[H-].[Na+]. The molecule has 3 nitrogen and oxygen atoms in total. The zero-order valence-electron chi connectivity index (χ0n) is 17.6. The molecule has 0 bridgehead atoms. The van der Waals surface area contributed by atoms with Gasteiger partial charge in [-0.3, -0.25) is 4.79 Å². The Bertz CT molecular complexity index is 459. The maximum absolute atomic E-state index is 11.1. The van der Waals surface area contributed by atoms with E-state index in [0.29, 0.717) is 17.6 Å². The minimum Gasteiger partial charge on any atom is -1.00 e. The Labute approximate surface area is 185 Å². The van der Waals surface area contributed by atoms with Crippen molar-refractivity contribution in [3.05, 3.63) is 24.3 Å². The molecule has 0 saturated heterocycles. The van der Waals surface area contributed by atoms with E-state index in [1.165, 1.54) is 38.5 Å². The number of carbonyl (C=O) groups excluding carboxylic acids is 1. The zero-order chi connectivity index (χ0) is 17.4. The molecule has 0 amide bonds. The van der Waals surface area contributed by atoms with Crippen LogP contribution in [0.3, 0.4) is 0 Å². The van der Waals surface area contributed by atoms with Gasteiger partial charge in [-0.1, -0.05) is 24.3 Å². The molecule has 3 radical (unpaired) electrons. The monoisotopic (exact) mass is 369 g/mol. The third-order valence-corrected chi connectivity index (χ3v) is 6.14. The second kappa shape index (κ2) is 14.2. The zero-order valence-corrected chi connectivity index (χ0v) is 18.6. The minimum absolute atomic E-state index is 0. The molecule has 2 N–H and O–H groups in total. The summed E-state index contributed by atoms with van der Waals surface area (Å²) >= 11 is 0. The molecule has 5 heteroatoms. The molecule has 4 aliphatic rings. The maximum Gasteiger partial charge on any atom is 1.00 e. The Morgan fingerprint density at radius 3 is 1.92 bits per heavy atom. The van der Waals surface area contributed by atoms with Crippen molar-refractivity contribution in [2.75, 3.05) is 7.11 Å². The summed E-state index contributed by atoms with van der Waals surface area (Å²) in [5.41, 5.74) is 0. The molecule has 2 saturated carbocycles. The van der Waals surface area contributed by atoms with Crippen LogP contribution in [0.2, 0.25) is 0 Å². The topological polar surface area (TPSA) is 57.5 Å². The molecule has 0 aliphatic heterocycles. The van der Waals surface area contributed by atoms with E-state index in [0.717, 1.165) is 44.6 Å². The van der Waals surface area contributed by atoms with Crippen molar-refractivity contribution >= 4 is 14.2 Å². The average Bonchev–Trinajstić information content (AvgIpc) is 2.56. The fourth-order valence-corrected chi connectivity index (χ4v) is 4.55. The van der Waals surface area contributed by atoms with Gasteiger partial charge < -0.3 is 11.6 Å². The Morgan fingerprint density at radius 2 is 1.38 bits per heavy atom. The molecule has 2 fully saturated rings. The summed E-state index contributed by atoms with van der Waals surface area (Å²) in [7, 11) is 1.00. The molecule has 26 heavy (non-hydrogen) atoms. The number of Topliss-reactive ketones (excluding diaryl/α,β-unsaturated/α-hetero) is 1. The Hall–Kier alpha value is 0.135. The van der Waals surface area contributed by atoms with Gasteiger partial charge >= 0.3 is 29.6 Å². The van der Waals surface area contributed by atoms with E-state index in [1.54, 1.807) is 0 Å². The summed E-state index contributed by atoms with van der Waals surface area (Å²) in [6.45, 7) is 0. The standard InChI is InChI=1S/C10H16O.C10H14O.CH4O.B.Na.H/c2*11-10-7-8-5-3-1-2-4-6-9(8)10;1-2;;;/h1-2,8-11H,3-7H2;1-2,8-9H,3-7H2;2H,1H3;;;/q;;;;+1;-1/b2*2-1-;;;;. The average molecular weight is 369 g/mol. The van der Waals surface area contributed by atoms with Gasteiger partial charge in [0.05, 0.1) is 6.10 Å². The largest absolute Gasteiger partial charge is 1.00 e. The molecule has 141 valence electrons. The summed E-state index contributed by atoms with van der Waals surface area (Å²) in [5, 5.41) is 16.4. The van der Waals surface area contributed by atoms with Gasteiger partial charge in [-0.2, -0.15) is 0 Å². The summed E-state index contributed by atoms with van der Waals surface area (Å²) < 4.78 is 0. The molecular weight excluding hydrogens is 334 g/mol. The first-order chi connectivity index (χ1) is 11.8. The first-order valence-electron chi connectivity index (χ1n) is 9.71. The Morgan fingerprint density at radius 1 is 0.885 bits per heavy atom. The molecule has 0 aromatic rings. The van der Waals surface area contributed by atoms with Gasteiger partial charge in [0.2, 0.25) is 0 Å². The van der Waals surface area contributed by atoms with Crippen LogP contribution < -0.4 is 29.6 Å². The second-order valence-electron chi connectivity index (χ2n) is 7.52. The van der Waals surface area contributed by atoms with Crippen LogP contribution in [-0.4, -0.2) is 37.6 Å². The fraction of sp³-hybridized carbons (Fsp3) is 0.762. The van der Waals surface area contributed by atoms with Crippen molar-refractivity contribution in [2.45, 2.75) is 70.3 Å². The number of aliphatic hydroxyl groups is 2. The van der Waals surface area contributed by atoms with Crippen molar-refractivity contribution in [3.8, 4) is 0 Å². The smallest absolute Gasteiger partial charge is 1.00 e. The molecule has 0 aromatic heterocycles. The fourth-order valence-electron chi connectivity index (χ4n) is 4.55. The predicted octanol–water partition coefficient (Wildman–Crippen LogP) is 0.780. The number of ketones is 1. The molecule has 0 heterocycles. The number of carbonyl (C=O) groups is 1. The van der Waals surface area contributed by atoms with E-state index >= 15 is 0 Å². The third-order valence-electron chi connectivity index (χ3n) is 6.14. The van der Waals surface area contributed by atoms with Crippen molar-refractivity contribution in [3.63, 3.8) is 0 Å². The molecule has 0 spiro atoms. The number of allylic oxidation sites excluding steroid dienone is 4. The summed E-state index contributed by atoms with van der Waals surface area (Å²) in [4.78, 5) is 11.1. The van der Waals surface area contributed by atoms with E-state index in [4.69, 9.17) is 5.11 Å². The van der Waals surface area contributed by atoms with E-state index in [-0.39, 0.29) is 45.5 Å². The molecule has 4 rings (SSSR count). The van der Waals surface area contributed by atoms with Crippen LogP contribution in [0.4, 0.5) is 0 Å². The van der Waals surface area contributed by atoms with E-state index in [1.807, 2.05) is 0 Å². The summed E-state index contributed by atoms with van der Waals surface area (Å²) in [6, 6.07) is 0. The first-order valence-corrected chi connectivity index (χ1v) is 9.71. The van der Waals surface area contributed by atoms with Gasteiger partial charge in [0, 0.05) is 27.9 Å². The molecule has 5 unspecified atom stereocenters. The second-order valence-corrected chi connectivity index (χ2v) is 7.52. The minimum atomic E-state index is 0. The Kier molecular flexibility index (Phi) is 14.3. The van der Waals surface area contributed by atoms with Crippen LogP contribution in [0.25, 0.3) is 0 Å². The predicted molar refractivity (Wildman–Crippen MR) is 104 cm³/mol.